The molecule has 5 aromatic rings. The molecule has 0 aliphatic rings. The number of hydrogen-bond donors (Lipinski definition) is 2. The van der Waals surface area contributed by atoms with Gasteiger partial charge in [-0.1, -0.05) is 78.0 Å². The van der Waals surface area contributed by atoms with Gasteiger partial charge in [0.25, 0.3) is 0 Å². The van der Waals surface area contributed by atoms with Crippen LogP contribution < -0.4 is 10.6 Å². The van der Waals surface area contributed by atoms with Crippen molar-refractivity contribution < 1.29 is 9.18 Å². The zero-order valence-electron chi connectivity index (χ0n) is 20.5. The van der Waals surface area contributed by atoms with E-state index in [2.05, 4.69) is 20.8 Å². The van der Waals surface area contributed by atoms with Crippen LogP contribution >= 0.6 is 11.8 Å². The van der Waals surface area contributed by atoms with E-state index in [4.69, 9.17) is 0 Å². The van der Waals surface area contributed by atoms with Gasteiger partial charge in [0, 0.05) is 16.8 Å². The van der Waals surface area contributed by atoms with Gasteiger partial charge in [0.05, 0.1) is 11.7 Å². The lowest BCUT2D eigenvalue weighted by Crippen LogP contribution is -2.32. The van der Waals surface area contributed by atoms with E-state index in [1.807, 2.05) is 85.1 Å². The maximum atomic E-state index is 13.3. The average Bonchev–Trinajstić information content (AvgIpc) is 3.33. The standard InChI is InChI=1S/C29H26FN5OS/c1-19-10-16-24(17-11-19)35-27(33-34-29(35)37-18-21-12-14-23(30)15-13-21)20(2)31-28(36)32-26-9-5-7-22-6-3-4-8-25(22)26/h3-17,20H,18H2,1-2H3,(H2,31,32,36). The van der Waals surface area contributed by atoms with E-state index in [-0.39, 0.29) is 11.8 Å². The van der Waals surface area contributed by atoms with E-state index < -0.39 is 6.04 Å². The Bertz CT molecular complexity index is 1530. The molecule has 0 spiro atoms. The summed E-state index contributed by atoms with van der Waals surface area (Å²) >= 11 is 1.50. The summed E-state index contributed by atoms with van der Waals surface area (Å²) in [4.78, 5) is 13.0. The van der Waals surface area contributed by atoms with Crippen LogP contribution in [0.3, 0.4) is 0 Å². The van der Waals surface area contributed by atoms with Gasteiger partial charge in [-0.3, -0.25) is 4.57 Å². The topological polar surface area (TPSA) is 71.8 Å². The Balaban J connectivity index is 1.38. The van der Waals surface area contributed by atoms with Crippen molar-refractivity contribution in [1.29, 1.82) is 0 Å². The van der Waals surface area contributed by atoms with Gasteiger partial charge in [0.1, 0.15) is 5.82 Å². The predicted octanol–water partition coefficient (Wildman–Crippen LogP) is 7.04. The number of rotatable bonds is 7. The lowest BCUT2D eigenvalue weighted by Gasteiger charge is -2.17. The fourth-order valence-electron chi connectivity index (χ4n) is 4.07. The summed E-state index contributed by atoms with van der Waals surface area (Å²) in [7, 11) is 0. The van der Waals surface area contributed by atoms with E-state index in [9.17, 15) is 9.18 Å². The summed E-state index contributed by atoms with van der Waals surface area (Å²) in [5.74, 6) is 0.951. The van der Waals surface area contributed by atoms with Crippen LogP contribution in [-0.2, 0) is 5.75 Å². The highest BCUT2D eigenvalue weighted by Gasteiger charge is 2.21. The highest BCUT2D eigenvalue weighted by atomic mass is 32.2. The first kappa shape index (κ1) is 24.5. The maximum Gasteiger partial charge on any atom is 0.319 e. The molecule has 2 amide bonds. The van der Waals surface area contributed by atoms with Crippen LogP contribution in [0.15, 0.2) is 96.2 Å². The van der Waals surface area contributed by atoms with Gasteiger partial charge in [-0.2, -0.15) is 0 Å². The van der Waals surface area contributed by atoms with Crippen molar-refractivity contribution in [3.63, 3.8) is 0 Å². The Kier molecular flexibility index (Phi) is 7.18. The second-order valence-corrected chi connectivity index (χ2v) is 9.72. The SMILES string of the molecule is Cc1ccc(-n2c(SCc3ccc(F)cc3)nnc2C(C)NC(=O)Nc2cccc3ccccc23)cc1. The number of urea groups is 1. The fourth-order valence-corrected chi connectivity index (χ4v) is 4.99. The minimum atomic E-state index is -0.427. The van der Waals surface area contributed by atoms with Crippen LogP contribution in [0.5, 0.6) is 0 Å². The number of benzene rings is 4. The van der Waals surface area contributed by atoms with Gasteiger partial charge in [0.2, 0.25) is 0 Å². The van der Waals surface area contributed by atoms with Crippen molar-refractivity contribution in [2.75, 3.05) is 5.32 Å². The number of thioether (sulfide) groups is 1. The maximum absolute atomic E-state index is 13.3. The van der Waals surface area contributed by atoms with Gasteiger partial charge < -0.3 is 10.6 Å². The van der Waals surface area contributed by atoms with Crippen molar-refractivity contribution in [3.05, 3.63) is 114 Å². The highest BCUT2D eigenvalue weighted by molar-refractivity contribution is 7.98. The number of amides is 2. The van der Waals surface area contributed by atoms with Crippen LogP contribution in [-0.4, -0.2) is 20.8 Å². The molecule has 1 aromatic heterocycles. The molecule has 0 bridgehead atoms. The second kappa shape index (κ2) is 10.8. The monoisotopic (exact) mass is 511 g/mol. The first-order valence-corrected chi connectivity index (χ1v) is 12.9. The zero-order valence-corrected chi connectivity index (χ0v) is 21.3. The molecular weight excluding hydrogens is 485 g/mol. The van der Waals surface area contributed by atoms with Gasteiger partial charge in [0.15, 0.2) is 11.0 Å². The smallest absolute Gasteiger partial charge is 0.319 e. The van der Waals surface area contributed by atoms with Gasteiger partial charge in [-0.15, -0.1) is 10.2 Å². The minimum Gasteiger partial charge on any atom is -0.328 e. The molecule has 0 saturated heterocycles. The Morgan fingerprint density at radius 1 is 0.946 bits per heavy atom. The molecule has 2 N–H and O–H groups in total. The fraction of sp³-hybridized carbons (Fsp3) is 0.138. The number of aromatic nitrogens is 3. The third kappa shape index (κ3) is 5.65. The zero-order chi connectivity index (χ0) is 25.8. The number of anilines is 1. The molecule has 186 valence electrons. The molecule has 1 heterocycles. The van der Waals surface area contributed by atoms with Crippen LogP contribution in [0.4, 0.5) is 14.9 Å². The van der Waals surface area contributed by atoms with Gasteiger partial charge >= 0.3 is 6.03 Å². The summed E-state index contributed by atoms with van der Waals surface area (Å²) < 4.78 is 15.3. The molecule has 0 aliphatic carbocycles. The molecular formula is C29H26FN5OS. The van der Waals surface area contributed by atoms with E-state index in [1.165, 1.54) is 23.9 Å². The van der Waals surface area contributed by atoms with E-state index >= 15 is 0 Å². The van der Waals surface area contributed by atoms with Crippen LogP contribution in [0.2, 0.25) is 0 Å². The summed E-state index contributed by atoms with van der Waals surface area (Å²) in [5, 5.41) is 17.5. The lowest BCUT2D eigenvalue weighted by atomic mass is 10.1. The lowest BCUT2D eigenvalue weighted by molar-refractivity contribution is 0.249. The number of carbonyl (C=O) groups is 1. The van der Waals surface area contributed by atoms with Crippen LogP contribution in [0.25, 0.3) is 16.5 Å². The predicted molar refractivity (Wildman–Crippen MR) is 147 cm³/mol. The first-order valence-electron chi connectivity index (χ1n) is 11.9. The molecule has 0 aliphatic heterocycles. The van der Waals surface area contributed by atoms with E-state index in [0.717, 1.165) is 33.3 Å². The molecule has 1 atom stereocenters. The molecule has 0 radical (unpaired) electrons. The third-order valence-corrected chi connectivity index (χ3v) is 7.00. The quantitative estimate of drug-likeness (QED) is 0.230. The van der Waals surface area contributed by atoms with Crippen molar-refractivity contribution in [2.45, 2.75) is 30.8 Å². The minimum absolute atomic E-state index is 0.263. The molecule has 1 unspecified atom stereocenters. The molecule has 0 fully saturated rings. The number of nitrogens with one attached hydrogen (secondary N) is 2. The molecule has 6 nitrogen and oxygen atoms in total. The van der Waals surface area contributed by atoms with Crippen molar-refractivity contribution in [3.8, 4) is 5.69 Å². The molecule has 0 saturated carbocycles. The second-order valence-electron chi connectivity index (χ2n) is 8.77. The largest absolute Gasteiger partial charge is 0.328 e. The van der Waals surface area contributed by atoms with Crippen molar-refractivity contribution in [2.24, 2.45) is 0 Å². The molecule has 5 rings (SSSR count). The Hall–Kier alpha value is -4.17. The number of hydrogen-bond acceptors (Lipinski definition) is 4. The Labute approximate surface area is 218 Å². The number of aryl methyl sites for hydroxylation is 1. The summed E-state index contributed by atoms with van der Waals surface area (Å²) in [6.07, 6.45) is 0. The third-order valence-electron chi connectivity index (χ3n) is 6.00. The van der Waals surface area contributed by atoms with E-state index in [1.54, 1.807) is 12.1 Å². The number of carbonyl (C=O) groups excluding carboxylic acids is 1. The Morgan fingerprint density at radius 2 is 1.68 bits per heavy atom. The number of nitrogens with zero attached hydrogens (tertiary/aromatic N) is 3. The van der Waals surface area contributed by atoms with Crippen LogP contribution in [0, 0.1) is 12.7 Å². The summed E-state index contributed by atoms with van der Waals surface area (Å²) in [5.41, 5.74) is 3.75. The molecule has 4 aromatic carbocycles. The number of halogens is 1. The summed E-state index contributed by atoms with van der Waals surface area (Å²) in [6, 6.07) is 27.4. The normalized spacial score (nSPS) is 11.9. The van der Waals surface area contributed by atoms with Gasteiger partial charge in [-0.25, -0.2) is 9.18 Å². The van der Waals surface area contributed by atoms with E-state index in [0.29, 0.717) is 16.7 Å². The highest BCUT2D eigenvalue weighted by Crippen LogP contribution is 2.28. The summed E-state index contributed by atoms with van der Waals surface area (Å²) in [6.45, 7) is 3.91. The number of fused-ring (bicyclic) bond motifs is 1. The Morgan fingerprint density at radius 3 is 2.46 bits per heavy atom. The first-order chi connectivity index (χ1) is 18.0. The van der Waals surface area contributed by atoms with Gasteiger partial charge in [-0.05, 0) is 55.1 Å². The van der Waals surface area contributed by atoms with Crippen molar-refractivity contribution in [1.82, 2.24) is 20.1 Å². The average molecular weight is 512 g/mol. The molecule has 37 heavy (non-hydrogen) atoms. The van der Waals surface area contributed by atoms with Crippen molar-refractivity contribution >= 4 is 34.3 Å². The molecule has 8 heteroatoms. The van der Waals surface area contributed by atoms with Crippen LogP contribution in [0.1, 0.15) is 29.9 Å².